The molecule has 0 unspecified atom stereocenters. The van der Waals surface area contributed by atoms with Crippen molar-refractivity contribution >= 4 is 5.57 Å². The van der Waals surface area contributed by atoms with Crippen molar-refractivity contribution in [2.24, 2.45) is 0 Å². The second kappa shape index (κ2) is 5.96. The summed E-state index contributed by atoms with van der Waals surface area (Å²) < 4.78 is 5.97. The van der Waals surface area contributed by atoms with Gasteiger partial charge in [0.05, 0.1) is 0 Å². The number of hydrogen-bond acceptors (Lipinski definition) is 1. The van der Waals surface area contributed by atoms with Gasteiger partial charge in [-0.05, 0) is 29.2 Å². The molecule has 2 aromatic rings. The van der Waals surface area contributed by atoms with Gasteiger partial charge in [0.2, 0.25) is 0 Å². The Kier molecular flexibility index (Phi) is 3.87. The smallest absolute Gasteiger partial charge is 0.127 e. The summed E-state index contributed by atoms with van der Waals surface area (Å²) in [4.78, 5) is 0. The highest BCUT2D eigenvalue weighted by atomic mass is 16.5. The predicted octanol–water partition coefficient (Wildman–Crippen LogP) is 5.20. The zero-order valence-electron chi connectivity index (χ0n) is 11.9. The van der Waals surface area contributed by atoms with Crippen molar-refractivity contribution in [2.75, 3.05) is 0 Å². The van der Waals surface area contributed by atoms with Crippen molar-refractivity contribution in [3.63, 3.8) is 0 Å². The minimum absolute atomic E-state index is 0.651. The van der Waals surface area contributed by atoms with E-state index >= 15 is 0 Å². The first-order valence-corrected chi connectivity index (χ1v) is 7.41. The highest BCUT2D eigenvalue weighted by Gasteiger charge is 2.17. The summed E-state index contributed by atoms with van der Waals surface area (Å²) in [6, 6.07) is 16.9. The molecule has 0 radical (unpaired) electrons. The van der Waals surface area contributed by atoms with Gasteiger partial charge >= 0.3 is 0 Å². The Morgan fingerprint density at radius 1 is 1.00 bits per heavy atom. The fourth-order valence-corrected chi connectivity index (χ4v) is 2.69. The average Bonchev–Trinajstić information content (AvgIpc) is 2.66. The summed E-state index contributed by atoms with van der Waals surface area (Å²) in [5, 5.41) is 0. The van der Waals surface area contributed by atoms with Crippen molar-refractivity contribution in [1.82, 2.24) is 0 Å². The van der Waals surface area contributed by atoms with Crippen LogP contribution in [0, 0.1) is 0 Å². The van der Waals surface area contributed by atoms with Crippen molar-refractivity contribution in [3.05, 3.63) is 71.3 Å². The number of unbranched alkanes of at least 4 members (excludes halogenated alkanes) is 2. The van der Waals surface area contributed by atoms with Crippen LogP contribution in [-0.4, -0.2) is 0 Å². The Morgan fingerprint density at radius 2 is 1.75 bits per heavy atom. The molecule has 2 aromatic carbocycles. The molecule has 0 saturated heterocycles. The first kappa shape index (κ1) is 13.0. The van der Waals surface area contributed by atoms with Gasteiger partial charge in [0.25, 0.3) is 0 Å². The van der Waals surface area contributed by atoms with E-state index in [1.807, 2.05) is 6.07 Å². The Balaban J connectivity index is 2.11. The van der Waals surface area contributed by atoms with Crippen molar-refractivity contribution in [2.45, 2.75) is 32.8 Å². The maximum atomic E-state index is 5.97. The highest BCUT2D eigenvalue weighted by molar-refractivity contribution is 5.84. The molecule has 1 nitrogen and oxygen atoms in total. The van der Waals surface area contributed by atoms with E-state index in [0.29, 0.717) is 6.61 Å². The number of fused-ring (bicyclic) bond motifs is 2. The molecular weight excluding hydrogens is 244 g/mol. The van der Waals surface area contributed by atoms with Gasteiger partial charge in [-0.1, -0.05) is 68.3 Å². The van der Waals surface area contributed by atoms with E-state index in [-0.39, 0.29) is 0 Å². The lowest BCUT2D eigenvalue weighted by molar-refractivity contribution is 0.307. The maximum Gasteiger partial charge on any atom is 0.127 e. The lowest BCUT2D eigenvalue weighted by Gasteiger charge is -2.10. The van der Waals surface area contributed by atoms with E-state index in [1.54, 1.807) is 0 Å². The Morgan fingerprint density at radius 3 is 2.60 bits per heavy atom. The number of ether oxygens (including phenoxy) is 1. The van der Waals surface area contributed by atoms with Crippen molar-refractivity contribution in [1.29, 1.82) is 0 Å². The quantitative estimate of drug-likeness (QED) is 0.692. The van der Waals surface area contributed by atoms with Crippen LogP contribution in [0.2, 0.25) is 0 Å². The van der Waals surface area contributed by atoms with E-state index in [4.69, 9.17) is 4.74 Å². The second-order valence-corrected chi connectivity index (χ2v) is 5.20. The molecule has 0 bridgehead atoms. The zero-order valence-corrected chi connectivity index (χ0v) is 11.9. The Bertz CT molecular complexity index is 576. The van der Waals surface area contributed by atoms with Gasteiger partial charge in [-0.3, -0.25) is 0 Å². The highest BCUT2D eigenvalue weighted by Crippen LogP contribution is 2.36. The number of allylic oxidation sites excluding steroid dienone is 1. The van der Waals surface area contributed by atoms with Crippen LogP contribution >= 0.6 is 0 Å². The van der Waals surface area contributed by atoms with Crippen LogP contribution in [0.25, 0.3) is 5.57 Å². The van der Waals surface area contributed by atoms with Crippen LogP contribution < -0.4 is 4.74 Å². The van der Waals surface area contributed by atoms with Crippen LogP contribution in [0.1, 0.15) is 42.9 Å². The third-order valence-corrected chi connectivity index (χ3v) is 3.77. The maximum absolute atomic E-state index is 5.97. The first-order valence-electron chi connectivity index (χ1n) is 7.41. The number of rotatable bonds is 3. The third kappa shape index (κ3) is 2.49. The molecule has 1 aliphatic rings. The second-order valence-electron chi connectivity index (χ2n) is 5.20. The minimum atomic E-state index is 0.651. The Hall–Kier alpha value is -2.02. The molecule has 0 atom stereocenters. The first-order chi connectivity index (χ1) is 9.90. The Labute approximate surface area is 120 Å². The van der Waals surface area contributed by atoms with Crippen LogP contribution in [0.5, 0.6) is 5.75 Å². The summed E-state index contributed by atoms with van der Waals surface area (Å²) in [6.07, 6.45) is 5.95. The molecule has 1 aliphatic heterocycles. The number of hydrogen-bond donors (Lipinski definition) is 0. The van der Waals surface area contributed by atoms with Crippen LogP contribution in [-0.2, 0) is 6.61 Å². The van der Waals surface area contributed by atoms with E-state index in [0.717, 1.165) is 12.2 Å². The topological polar surface area (TPSA) is 9.23 Å². The fourth-order valence-electron chi connectivity index (χ4n) is 2.69. The zero-order chi connectivity index (χ0) is 13.8. The van der Waals surface area contributed by atoms with Gasteiger partial charge in [0.15, 0.2) is 0 Å². The molecule has 0 saturated carbocycles. The van der Waals surface area contributed by atoms with E-state index in [1.165, 1.54) is 35.1 Å². The summed E-state index contributed by atoms with van der Waals surface area (Å²) in [5.41, 5.74) is 5.12. The van der Waals surface area contributed by atoms with Gasteiger partial charge in [-0.2, -0.15) is 0 Å². The predicted molar refractivity (Wildman–Crippen MR) is 83.8 cm³/mol. The van der Waals surface area contributed by atoms with Gasteiger partial charge in [0, 0.05) is 5.56 Å². The molecule has 0 amide bonds. The lowest BCUT2D eigenvalue weighted by Crippen LogP contribution is -1.94. The van der Waals surface area contributed by atoms with Gasteiger partial charge < -0.3 is 4.74 Å². The number of para-hydroxylation sites is 1. The normalized spacial score (nSPS) is 15.2. The minimum Gasteiger partial charge on any atom is -0.488 e. The van der Waals surface area contributed by atoms with E-state index in [2.05, 4.69) is 55.5 Å². The molecule has 0 aromatic heterocycles. The van der Waals surface area contributed by atoms with Crippen LogP contribution in [0.4, 0.5) is 0 Å². The fraction of sp³-hybridized carbons (Fsp3) is 0.263. The van der Waals surface area contributed by atoms with Gasteiger partial charge in [-0.25, -0.2) is 0 Å². The summed E-state index contributed by atoms with van der Waals surface area (Å²) >= 11 is 0. The molecule has 102 valence electrons. The molecule has 0 aliphatic carbocycles. The lowest BCUT2D eigenvalue weighted by atomic mass is 9.93. The molecular formula is C19H20O. The summed E-state index contributed by atoms with van der Waals surface area (Å²) in [5.74, 6) is 0.992. The largest absolute Gasteiger partial charge is 0.488 e. The standard InChI is InChI=1S/C19H20O/c1-2-3-4-11-17-16-10-6-5-9-15(16)14-20-19-13-8-7-12-18(17)19/h5-13H,2-4,14H2,1H3/b17-11-. The SMILES string of the molecule is CCCC/C=C1/c2ccccc2COc2ccccc21. The molecule has 1 heterocycles. The van der Waals surface area contributed by atoms with Crippen molar-refractivity contribution in [3.8, 4) is 5.75 Å². The summed E-state index contributed by atoms with van der Waals surface area (Å²) in [7, 11) is 0. The van der Waals surface area contributed by atoms with E-state index < -0.39 is 0 Å². The molecule has 0 spiro atoms. The van der Waals surface area contributed by atoms with Gasteiger partial charge in [-0.15, -0.1) is 0 Å². The van der Waals surface area contributed by atoms with Gasteiger partial charge in [0.1, 0.15) is 12.4 Å². The van der Waals surface area contributed by atoms with Crippen molar-refractivity contribution < 1.29 is 4.74 Å². The van der Waals surface area contributed by atoms with E-state index in [9.17, 15) is 0 Å². The number of benzene rings is 2. The monoisotopic (exact) mass is 264 g/mol. The van der Waals surface area contributed by atoms with Crippen LogP contribution in [0.3, 0.4) is 0 Å². The molecule has 1 heteroatoms. The van der Waals surface area contributed by atoms with Crippen LogP contribution in [0.15, 0.2) is 54.6 Å². The summed E-state index contributed by atoms with van der Waals surface area (Å²) in [6.45, 7) is 2.88. The molecule has 3 rings (SSSR count). The molecule has 20 heavy (non-hydrogen) atoms. The third-order valence-electron chi connectivity index (χ3n) is 3.77. The average molecular weight is 264 g/mol. The molecule has 0 fully saturated rings. The molecule has 0 N–H and O–H groups in total.